The van der Waals surface area contributed by atoms with Gasteiger partial charge in [0.15, 0.2) is 0 Å². The number of carbonyl (C=O) groups is 2. The topological polar surface area (TPSA) is 86.6 Å². The van der Waals surface area contributed by atoms with Crippen LogP contribution in [0.4, 0.5) is 0 Å². The number of rotatable bonds is 4. The highest BCUT2D eigenvalue weighted by molar-refractivity contribution is 6.27. The third-order valence-corrected chi connectivity index (χ3v) is 3.57. The zero-order valence-electron chi connectivity index (χ0n) is 12.7. The first-order chi connectivity index (χ1) is 10.5. The number of aliphatic carboxylic acids is 2. The highest BCUT2D eigenvalue weighted by Gasteiger charge is 2.11. The van der Waals surface area contributed by atoms with Crippen LogP contribution in [0, 0.1) is 5.92 Å². The van der Waals surface area contributed by atoms with E-state index in [0.717, 1.165) is 12.5 Å². The second kappa shape index (κ2) is 9.73. The molecule has 3 N–H and O–H groups in total. The second-order valence-electron chi connectivity index (χ2n) is 5.30. The van der Waals surface area contributed by atoms with Gasteiger partial charge in [0.1, 0.15) is 0 Å². The third kappa shape index (κ3) is 7.04. The van der Waals surface area contributed by atoms with E-state index in [2.05, 4.69) is 54.7 Å². The molecule has 0 radical (unpaired) electrons. The van der Waals surface area contributed by atoms with E-state index in [-0.39, 0.29) is 0 Å². The monoisotopic (exact) mass is 305 g/mol. The van der Waals surface area contributed by atoms with Crippen molar-refractivity contribution in [2.45, 2.75) is 32.2 Å². The molecule has 0 saturated heterocycles. The van der Waals surface area contributed by atoms with Crippen molar-refractivity contribution in [2.24, 2.45) is 5.92 Å². The van der Waals surface area contributed by atoms with Crippen LogP contribution in [0.15, 0.2) is 42.5 Å². The van der Waals surface area contributed by atoms with Crippen molar-refractivity contribution in [1.29, 1.82) is 0 Å². The van der Waals surface area contributed by atoms with Crippen molar-refractivity contribution in [2.75, 3.05) is 6.54 Å². The zero-order chi connectivity index (χ0) is 16.4. The predicted molar refractivity (Wildman–Crippen MR) is 84.6 cm³/mol. The summed E-state index contributed by atoms with van der Waals surface area (Å²) in [5, 5.41) is 18.4. The number of allylic oxidation sites excluding steroid dienone is 2. The van der Waals surface area contributed by atoms with Gasteiger partial charge >= 0.3 is 11.9 Å². The Balaban J connectivity index is 0.000000346. The smallest absolute Gasteiger partial charge is 0.414 e. The summed E-state index contributed by atoms with van der Waals surface area (Å²) in [7, 11) is 0. The van der Waals surface area contributed by atoms with Gasteiger partial charge in [0.2, 0.25) is 0 Å². The third-order valence-electron chi connectivity index (χ3n) is 3.57. The summed E-state index contributed by atoms with van der Waals surface area (Å²) < 4.78 is 0. The molecule has 1 aromatic carbocycles. The fourth-order valence-corrected chi connectivity index (χ4v) is 2.24. The van der Waals surface area contributed by atoms with Crippen LogP contribution in [-0.2, 0) is 9.59 Å². The van der Waals surface area contributed by atoms with Gasteiger partial charge < -0.3 is 15.5 Å². The minimum atomic E-state index is -1.82. The number of carboxylic acids is 2. The van der Waals surface area contributed by atoms with Crippen molar-refractivity contribution in [3.05, 3.63) is 48.0 Å². The summed E-state index contributed by atoms with van der Waals surface area (Å²) in [5.74, 6) is -2.82. The first kappa shape index (κ1) is 17.9. The second-order valence-corrected chi connectivity index (χ2v) is 5.30. The van der Waals surface area contributed by atoms with Crippen LogP contribution < -0.4 is 5.32 Å². The minimum Gasteiger partial charge on any atom is -0.473 e. The van der Waals surface area contributed by atoms with E-state index < -0.39 is 11.9 Å². The molecule has 2 rings (SSSR count). The Morgan fingerprint density at radius 2 is 1.82 bits per heavy atom. The van der Waals surface area contributed by atoms with Crippen molar-refractivity contribution >= 4 is 11.9 Å². The maximum atomic E-state index is 9.10. The largest absolute Gasteiger partial charge is 0.473 e. The molecule has 0 fully saturated rings. The van der Waals surface area contributed by atoms with Crippen LogP contribution >= 0.6 is 0 Å². The number of carboxylic acid groups (broad SMARTS) is 2. The molecule has 1 aliphatic carbocycles. The standard InChI is InChI=1S/C15H21N.C2H2O4/c1-13(15-10-6-3-7-11-15)16-12-14-8-4-2-5-9-14;3-1(4)2(5)6/h2-4,6-7,10-11,13-14,16H,5,8-9,12H2,1H3;(H,3,4)(H,5,6)/t13-,14?;/m1./s1. The first-order valence-electron chi connectivity index (χ1n) is 7.40. The Bertz CT molecular complexity index is 487. The molecule has 0 aromatic heterocycles. The number of hydrogen-bond acceptors (Lipinski definition) is 3. The number of nitrogens with one attached hydrogen (secondary N) is 1. The zero-order valence-corrected chi connectivity index (χ0v) is 12.7. The highest BCUT2D eigenvalue weighted by atomic mass is 16.4. The summed E-state index contributed by atoms with van der Waals surface area (Å²) in [6, 6.07) is 11.1. The molecule has 5 heteroatoms. The number of hydrogen-bond donors (Lipinski definition) is 3. The molecule has 2 atom stereocenters. The van der Waals surface area contributed by atoms with E-state index >= 15 is 0 Å². The summed E-state index contributed by atoms with van der Waals surface area (Å²) in [5.41, 5.74) is 1.38. The molecule has 1 aliphatic rings. The maximum Gasteiger partial charge on any atom is 0.414 e. The van der Waals surface area contributed by atoms with Gasteiger partial charge in [0.05, 0.1) is 0 Å². The molecule has 0 spiro atoms. The predicted octanol–water partition coefficient (Wildman–Crippen LogP) is 2.85. The fourth-order valence-electron chi connectivity index (χ4n) is 2.24. The summed E-state index contributed by atoms with van der Waals surface area (Å²) in [6.07, 6.45) is 8.46. The molecule has 0 heterocycles. The van der Waals surface area contributed by atoms with Crippen molar-refractivity contribution in [3.8, 4) is 0 Å². The average Bonchev–Trinajstić information content (AvgIpc) is 2.55. The summed E-state index contributed by atoms with van der Waals surface area (Å²) in [4.78, 5) is 18.2. The van der Waals surface area contributed by atoms with Crippen LogP contribution in [0.25, 0.3) is 0 Å². The fraction of sp³-hybridized carbons (Fsp3) is 0.412. The first-order valence-corrected chi connectivity index (χ1v) is 7.40. The Kier molecular flexibility index (Phi) is 7.92. The quantitative estimate of drug-likeness (QED) is 0.588. The summed E-state index contributed by atoms with van der Waals surface area (Å²) in [6.45, 7) is 3.38. The molecule has 0 saturated carbocycles. The summed E-state index contributed by atoms with van der Waals surface area (Å²) >= 11 is 0. The van der Waals surface area contributed by atoms with Gasteiger partial charge in [-0.2, -0.15) is 0 Å². The molecule has 0 aliphatic heterocycles. The lowest BCUT2D eigenvalue weighted by Gasteiger charge is -2.21. The lowest BCUT2D eigenvalue weighted by atomic mass is 9.94. The van der Waals surface area contributed by atoms with E-state index in [4.69, 9.17) is 19.8 Å². The molecule has 0 bridgehead atoms. The molecule has 120 valence electrons. The van der Waals surface area contributed by atoms with Crippen molar-refractivity contribution in [1.82, 2.24) is 5.32 Å². The molecule has 1 aromatic rings. The van der Waals surface area contributed by atoms with E-state index in [0.29, 0.717) is 6.04 Å². The van der Waals surface area contributed by atoms with Crippen LogP contribution in [0.3, 0.4) is 0 Å². The normalized spacial score (nSPS) is 18.0. The van der Waals surface area contributed by atoms with Gasteiger partial charge in [0.25, 0.3) is 0 Å². The van der Waals surface area contributed by atoms with Gasteiger partial charge in [-0.3, -0.25) is 0 Å². The molecule has 22 heavy (non-hydrogen) atoms. The van der Waals surface area contributed by atoms with Crippen LogP contribution in [0.5, 0.6) is 0 Å². The average molecular weight is 305 g/mol. The SMILES string of the molecule is C[C@@H](NCC1CC=CCC1)c1ccccc1.O=C(O)C(=O)O. The van der Waals surface area contributed by atoms with Crippen molar-refractivity contribution < 1.29 is 19.8 Å². The van der Waals surface area contributed by atoms with E-state index in [1.165, 1.54) is 24.8 Å². The van der Waals surface area contributed by atoms with Crippen LogP contribution in [-0.4, -0.2) is 28.7 Å². The van der Waals surface area contributed by atoms with Gasteiger partial charge in [0, 0.05) is 6.04 Å². The van der Waals surface area contributed by atoms with Gasteiger partial charge in [-0.15, -0.1) is 0 Å². The molecule has 0 amide bonds. The van der Waals surface area contributed by atoms with E-state index in [9.17, 15) is 0 Å². The molecule has 1 unspecified atom stereocenters. The van der Waals surface area contributed by atoms with Gasteiger partial charge in [-0.25, -0.2) is 9.59 Å². The van der Waals surface area contributed by atoms with Gasteiger partial charge in [-0.05, 0) is 44.2 Å². The maximum absolute atomic E-state index is 9.10. The number of benzene rings is 1. The van der Waals surface area contributed by atoms with Crippen molar-refractivity contribution in [3.63, 3.8) is 0 Å². The molecular formula is C17H23NO4. The Morgan fingerprint density at radius 1 is 1.18 bits per heavy atom. The highest BCUT2D eigenvalue weighted by Crippen LogP contribution is 2.19. The molecular weight excluding hydrogens is 282 g/mol. The lowest BCUT2D eigenvalue weighted by molar-refractivity contribution is -0.159. The van der Waals surface area contributed by atoms with Gasteiger partial charge in [-0.1, -0.05) is 42.5 Å². The van der Waals surface area contributed by atoms with Crippen LogP contribution in [0.2, 0.25) is 0 Å². The van der Waals surface area contributed by atoms with E-state index in [1.54, 1.807) is 0 Å². The minimum absolute atomic E-state index is 0.465. The Morgan fingerprint density at radius 3 is 2.32 bits per heavy atom. The Labute approximate surface area is 130 Å². The van der Waals surface area contributed by atoms with E-state index in [1.807, 2.05) is 0 Å². The Hall–Kier alpha value is -2.14. The lowest BCUT2D eigenvalue weighted by Crippen LogP contribution is -2.26. The molecule has 5 nitrogen and oxygen atoms in total. The van der Waals surface area contributed by atoms with Crippen LogP contribution in [0.1, 0.15) is 37.8 Å².